The molecular weight excluding hydrogens is 369 g/mol. The highest BCUT2D eigenvalue weighted by Gasteiger charge is 2.28. The molecule has 0 aromatic carbocycles. The molecule has 0 amide bonds. The summed E-state index contributed by atoms with van der Waals surface area (Å²) in [6, 6.07) is 3.99. The van der Waals surface area contributed by atoms with Gasteiger partial charge < -0.3 is 0 Å². The van der Waals surface area contributed by atoms with Gasteiger partial charge in [-0.1, -0.05) is 11.6 Å². The van der Waals surface area contributed by atoms with E-state index in [1.807, 2.05) is 24.4 Å². The number of fused-ring (bicyclic) bond motifs is 1. The van der Waals surface area contributed by atoms with Crippen LogP contribution in [0, 0.1) is 12.3 Å². The Bertz CT molecular complexity index is 777. The fraction of sp³-hybridized carbons (Fsp3) is 0.267. The van der Waals surface area contributed by atoms with Crippen molar-refractivity contribution in [2.75, 3.05) is 0 Å². The second-order valence-electron chi connectivity index (χ2n) is 5.36. The number of hydrogen-bond donors (Lipinski definition) is 4. The Labute approximate surface area is 154 Å². The van der Waals surface area contributed by atoms with Gasteiger partial charge in [0.05, 0.1) is 15.7 Å². The Morgan fingerprint density at radius 1 is 1.46 bits per heavy atom. The predicted octanol–water partition coefficient (Wildman–Crippen LogP) is 3.46. The Morgan fingerprint density at radius 2 is 2.25 bits per heavy atom. The predicted molar refractivity (Wildman–Crippen MR) is 98.9 cm³/mol. The van der Waals surface area contributed by atoms with E-state index in [1.54, 1.807) is 11.7 Å². The molecule has 3 rings (SSSR count). The van der Waals surface area contributed by atoms with Crippen molar-refractivity contribution in [2.24, 2.45) is 5.10 Å². The third-order valence-corrected chi connectivity index (χ3v) is 5.11. The first-order chi connectivity index (χ1) is 11.1. The summed E-state index contributed by atoms with van der Waals surface area (Å²) in [7, 11) is 0. The molecule has 1 aliphatic rings. The van der Waals surface area contributed by atoms with Gasteiger partial charge in [-0.3, -0.25) is 15.6 Å². The van der Waals surface area contributed by atoms with E-state index >= 15 is 0 Å². The molecule has 4 N–H and O–H groups in total. The SMILES string of the molecule is Cc1ccnc2c1C(=NNC(=N)NO)CC(c1ccsc1Cl)C2.Cl. The minimum absolute atomic E-state index is 0. The first-order valence-corrected chi connectivity index (χ1v) is 8.35. The Hall–Kier alpha value is -1.67. The molecule has 0 fully saturated rings. The van der Waals surface area contributed by atoms with E-state index in [0.717, 1.165) is 38.9 Å². The van der Waals surface area contributed by atoms with Gasteiger partial charge in [-0.25, -0.2) is 10.9 Å². The minimum Gasteiger partial charge on any atom is -0.288 e. The second-order valence-corrected chi connectivity index (χ2v) is 6.88. The van der Waals surface area contributed by atoms with Gasteiger partial charge in [0.25, 0.3) is 0 Å². The number of pyridine rings is 1. The van der Waals surface area contributed by atoms with Crippen LogP contribution >= 0.6 is 35.3 Å². The van der Waals surface area contributed by atoms with Gasteiger partial charge in [-0.05, 0) is 54.3 Å². The van der Waals surface area contributed by atoms with Gasteiger partial charge in [0.1, 0.15) is 0 Å². The normalized spacial score (nSPS) is 17.8. The summed E-state index contributed by atoms with van der Waals surface area (Å²) in [6.45, 7) is 2.02. The summed E-state index contributed by atoms with van der Waals surface area (Å²) in [6.07, 6.45) is 3.30. The molecule has 0 aliphatic heterocycles. The third kappa shape index (κ3) is 3.70. The maximum absolute atomic E-state index is 8.72. The van der Waals surface area contributed by atoms with E-state index in [0.29, 0.717) is 6.42 Å². The van der Waals surface area contributed by atoms with Crippen LogP contribution < -0.4 is 10.9 Å². The number of aryl methyl sites for hydroxylation is 1. The maximum Gasteiger partial charge on any atom is 0.233 e. The van der Waals surface area contributed by atoms with E-state index in [2.05, 4.69) is 15.5 Å². The van der Waals surface area contributed by atoms with Crippen molar-refractivity contribution in [3.05, 3.63) is 50.4 Å². The van der Waals surface area contributed by atoms with Crippen LogP contribution in [0.4, 0.5) is 0 Å². The molecule has 0 bridgehead atoms. The molecule has 0 saturated carbocycles. The second kappa shape index (κ2) is 7.94. The standard InChI is InChI=1S/C15H16ClN5OS.ClH/c1-8-2-4-18-11-6-9(10-3-5-23-14(10)16)7-12(13(8)11)19-20-15(17)21-22;/h2-5,9,22H,6-7H2,1H3,(H3,17,20,21);1H. The van der Waals surface area contributed by atoms with Crippen LogP contribution in [0.3, 0.4) is 0 Å². The minimum atomic E-state index is -0.281. The third-order valence-electron chi connectivity index (χ3n) is 3.91. The fourth-order valence-corrected chi connectivity index (χ4v) is 3.95. The number of aromatic nitrogens is 1. The van der Waals surface area contributed by atoms with Crippen molar-refractivity contribution in [3.63, 3.8) is 0 Å². The summed E-state index contributed by atoms with van der Waals surface area (Å²) < 4.78 is 0.795. The molecule has 0 saturated heterocycles. The molecule has 9 heteroatoms. The van der Waals surface area contributed by atoms with Crippen LogP contribution in [0.5, 0.6) is 0 Å². The molecule has 1 unspecified atom stereocenters. The van der Waals surface area contributed by atoms with Gasteiger partial charge in [0.2, 0.25) is 5.96 Å². The summed E-state index contributed by atoms with van der Waals surface area (Å²) in [4.78, 5) is 4.50. The van der Waals surface area contributed by atoms with Crippen molar-refractivity contribution >= 4 is 47.0 Å². The zero-order chi connectivity index (χ0) is 16.4. The molecule has 6 nitrogen and oxygen atoms in total. The van der Waals surface area contributed by atoms with E-state index in [1.165, 1.54) is 11.3 Å². The van der Waals surface area contributed by atoms with Gasteiger partial charge in [-0.15, -0.1) is 23.7 Å². The van der Waals surface area contributed by atoms with Crippen LogP contribution in [0.1, 0.15) is 34.7 Å². The van der Waals surface area contributed by atoms with Crippen molar-refractivity contribution < 1.29 is 5.21 Å². The fourth-order valence-electron chi connectivity index (χ4n) is 2.87. The highest BCUT2D eigenvalue weighted by molar-refractivity contribution is 7.14. The number of halogens is 2. The number of hydroxylamine groups is 1. The summed E-state index contributed by atoms with van der Waals surface area (Å²) >= 11 is 7.81. The first-order valence-electron chi connectivity index (χ1n) is 7.09. The number of nitrogens with one attached hydrogen (secondary N) is 3. The Balaban J connectivity index is 0.00000208. The number of hydrazone groups is 1. The van der Waals surface area contributed by atoms with E-state index in [9.17, 15) is 0 Å². The summed E-state index contributed by atoms with van der Waals surface area (Å²) in [5, 5.41) is 22.4. The van der Waals surface area contributed by atoms with Crippen LogP contribution in [-0.2, 0) is 6.42 Å². The van der Waals surface area contributed by atoms with Crippen molar-refractivity contribution in [3.8, 4) is 0 Å². The van der Waals surface area contributed by atoms with Crippen LogP contribution in [0.2, 0.25) is 4.34 Å². The molecule has 0 spiro atoms. The van der Waals surface area contributed by atoms with E-state index in [4.69, 9.17) is 22.2 Å². The molecule has 1 atom stereocenters. The first kappa shape index (κ1) is 18.7. The average Bonchev–Trinajstić information content (AvgIpc) is 2.98. The van der Waals surface area contributed by atoms with Gasteiger partial charge in [0.15, 0.2) is 0 Å². The molecule has 2 aromatic rings. The van der Waals surface area contributed by atoms with E-state index in [-0.39, 0.29) is 24.3 Å². The van der Waals surface area contributed by atoms with Crippen molar-refractivity contribution in [1.29, 1.82) is 5.41 Å². The van der Waals surface area contributed by atoms with Gasteiger partial charge >= 0.3 is 0 Å². The topological polar surface area (TPSA) is 93.4 Å². The largest absolute Gasteiger partial charge is 0.288 e. The lowest BCUT2D eigenvalue weighted by Gasteiger charge is -2.26. The lowest BCUT2D eigenvalue weighted by molar-refractivity contribution is 0.228. The Morgan fingerprint density at radius 3 is 2.92 bits per heavy atom. The molecule has 2 heterocycles. The molecule has 128 valence electrons. The van der Waals surface area contributed by atoms with Crippen LogP contribution in [0.25, 0.3) is 0 Å². The highest BCUT2D eigenvalue weighted by Crippen LogP contribution is 2.38. The molecule has 0 radical (unpaired) electrons. The van der Waals surface area contributed by atoms with Crippen molar-refractivity contribution in [1.82, 2.24) is 15.9 Å². The molecule has 1 aliphatic carbocycles. The van der Waals surface area contributed by atoms with Crippen LogP contribution in [0.15, 0.2) is 28.8 Å². The number of rotatable bonds is 2. The van der Waals surface area contributed by atoms with Gasteiger partial charge in [0, 0.05) is 11.8 Å². The molecule has 24 heavy (non-hydrogen) atoms. The van der Waals surface area contributed by atoms with E-state index < -0.39 is 0 Å². The Kier molecular flexibility index (Phi) is 6.17. The number of hydrogen-bond acceptors (Lipinski definition) is 5. The number of nitrogens with zero attached hydrogens (tertiary/aromatic N) is 2. The number of guanidine groups is 1. The summed E-state index contributed by atoms with van der Waals surface area (Å²) in [5.41, 5.74) is 9.22. The molecular formula is C15H17Cl2N5OS. The zero-order valence-corrected chi connectivity index (χ0v) is 15.2. The van der Waals surface area contributed by atoms with Crippen molar-refractivity contribution in [2.45, 2.75) is 25.7 Å². The zero-order valence-electron chi connectivity index (χ0n) is 12.8. The average molecular weight is 386 g/mol. The smallest absolute Gasteiger partial charge is 0.233 e. The van der Waals surface area contributed by atoms with Gasteiger partial charge in [-0.2, -0.15) is 5.10 Å². The lowest BCUT2D eigenvalue weighted by Crippen LogP contribution is -2.32. The quantitative estimate of drug-likeness (QED) is 0.361. The maximum atomic E-state index is 8.72. The van der Waals surface area contributed by atoms with Crippen LogP contribution in [-0.4, -0.2) is 21.9 Å². The molecule has 2 aromatic heterocycles. The summed E-state index contributed by atoms with van der Waals surface area (Å²) in [5.74, 6) is -0.0800. The number of thiophene rings is 1. The lowest BCUT2D eigenvalue weighted by atomic mass is 9.81. The highest BCUT2D eigenvalue weighted by atomic mass is 35.5. The monoisotopic (exact) mass is 385 g/mol.